The van der Waals surface area contributed by atoms with Gasteiger partial charge in [-0.15, -0.1) is 0 Å². The maximum Gasteiger partial charge on any atom is 0.460 e. The highest BCUT2D eigenvalue weighted by atomic mass is 32.3. The summed E-state index contributed by atoms with van der Waals surface area (Å²) in [6.45, 7) is 0. The molecule has 0 atom stereocenters. The van der Waals surface area contributed by atoms with E-state index >= 15 is 0 Å². The highest BCUT2D eigenvalue weighted by Crippen LogP contribution is 2.67. The van der Waals surface area contributed by atoms with Crippen LogP contribution in [0.4, 0.5) is 74.6 Å². The van der Waals surface area contributed by atoms with Crippen LogP contribution >= 0.6 is 10.3 Å². The lowest BCUT2D eigenvalue weighted by Gasteiger charge is -2.43. The van der Waals surface area contributed by atoms with Crippen LogP contribution in [-0.4, -0.2) is 66.9 Å². The zero-order valence-corrected chi connectivity index (χ0v) is 22.5. The molecule has 0 aliphatic carbocycles. The highest BCUT2D eigenvalue weighted by molar-refractivity contribution is 8.33. The smallest absolute Gasteiger partial charge is 0.211 e. The first-order valence-corrected chi connectivity index (χ1v) is 14.7. The van der Waals surface area contributed by atoms with Crippen LogP contribution in [0.5, 0.6) is 0 Å². The molecule has 1 aliphatic rings. The Morgan fingerprint density at radius 1 is 0.545 bits per heavy atom. The second kappa shape index (κ2) is 10.4. The molecule has 1 saturated heterocycles. The van der Waals surface area contributed by atoms with Gasteiger partial charge in [0.15, 0.2) is 0 Å². The molecule has 1 heterocycles. The quantitative estimate of drug-likeness (QED) is 0.231. The predicted molar refractivity (Wildman–Crippen MR) is 119 cm³/mol. The zero-order chi connectivity index (χ0) is 34.2. The molecule has 252 valence electrons. The first-order chi connectivity index (χ1) is 19.5. The van der Waals surface area contributed by atoms with Crippen LogP contribution in [0.15, 0.2) is 47.4 Å². The van der Waals surface area contributed by atoms with Gasteiger partial charge in [0.05, 0.1) is 0 Å². The largest absolute Gasteiger partial charge is 0.460 e. The van der Waals surface area contributed by atoms with E-state index in [4.69, 9.17) is 0 Å². The van der Waals surface area contributed by atoms with Crippen LogP contribution in [0.2, 0.25) is 0 Å². The summed E-state index contributed by atoms with van der Waals surface area (Å²) in [5.41, 5.74) is 0. The molecular weight excluding hydrogens is 699 g/mol. The molecule has 1 aliphatic heterocycles. The molecule has 0 aromatic heterocycles. The Morgan fingerprint density at radius 3 is 1.41 bits per heavy atom. The van der Waals surface area contributed by atoms with Crippen LogP contribution in [0.1, 0.15) is 12.8 Å². The monoisotopic (exact) mass is 714 g/mol. The molecule has 1 fully saturated rings. The van der Waals surface area contributed by atoms with E-state index < -0.39 is 78.9 Å². The minimum Gasteiger partial charge on any atom is -0.211 e. The van der Waals surface area contributed by atoms with Gasteiger partial charge in [-0.3, -0.25) is 0 Å². The second-order valence-corrected chi connectivity index (χ2v) is 14.3. The summed E-state index contributed by atoms with van der Waals surface area (Å²) in [6.07, 6.45) is -8.00. The molecule has 0 radical (unpaired) electrons. The average Bonchev–Trinajstić information content (AvgIpc) is 3.35. The van der Waals surface area contributed by atoms with Crippen molar-refractivity contribution in [3.8, 4) is 0 Å². The summed E-state index contributed by atoms with van der Waals surface area (Å²) >= 11 is 0. The van der Waals surface area contributed by atoms with Crippen molar-refractivity contribution in [2.75, 3.05) is 11.5 Å². The summed E-state index contributed by atoms with van der Waals surface area (Å²) in [5, 5.41) is -6.96. The Kier molecular flexibility index (Phi) is 8.56. The summed E-state index contributed by atoms with van der Waals surface area (Å²) < 4.78 is 261. The Hall–Kier alpha value is -2.23. The number of alkyl halides is 17. The topological polar surface area (TPSA) is 43.4 Å². The third-order valence-corrected chi connectivity index (χ3v) is 12.2. The fraction of sp³-hybridized carbons (Fsp3) is 0.545. The number of benzene rings is 2. The van der Waals surface area contributed by atoms with Crippen molar-refractivity contribution in [3.63, 3.8) is 0 Å². The Balaban J connectivity index is 2.10. The average molecular weight is 714 g/mol. The van der Waals surface area contributed by atoms with Crippen molar-refractivity contribution in [1.29, 1.82) is 0 Å². The van der Waals surface area contributed by atoms with Crippen molar-refractivity contribution >= 4 is 31.2 Å². The molecule has 2 aromatic carbocycles. The Labute approximate surface area is 237 Å². The van der Waals surface area contributed by atoms with Crippen LogP contribution in [0.3, 0.4) is 0 Å². The fourth-order valence-electron chi connectivity index (χ4n) is 4.03. The van der Waals surface area contributed by atoms with Gasteiger partial charge in [-0.2, -0.15) is 83.1 Å². The van der Waals surface area contributed by atoms with E-state index in [2.05, 4.69) is 3.63 Å². The van der Waals surface area contributed by atoms with E-state index in [1.807, 2.05) is 0 Å². The lowest BCUT2D eigenvalue weighted by molar-refractivity contribution is -0.458. The van der Waals surface area contributed by atoms with E-state index in [-0.39, 0.29) is 23.1 Å². The summed E-state index contributed by atoms with van der Waals surface area (Å²) in [5.74, 6) is -53.0. The van der Waals surface area contributed by atoms with Gasteiger partial charge in [-0.1, -0.05) is 40.6 Å². The summed E-state index contributed by atoms with van der Waals surface area (Å²) in [4.78, 5) is -0.269. The van der Waals surface area contributed by atoms with Gasteiger partial charge in [-0.05, 0) is 35.7 Å². The highest BCUT2D eigenvalue weighted by Gasteiger charge is 2.96. The standard InChI is InChI=1S/C22H15F17O3S2/c23-15(24,17(27,28)19(31,32)21(35,36)37)16(25,26)18(29,30)20(33,34)22(38,39)44(40,41)42-43(9-3-4-10-43)14-8-7-12-5-1-2-6-13(12)11-14/h1-2,5-8,11H,3-4,9-10H2. The molecule has 0 spiro atoms. The first kappa shape index (κ1) is 36.2. The van der Waals surface area contributed by atoms with Crippen LogP contribution in [-0.2, 0) is 13.7 Å². The minimum atomic E-state index is -8.89. The normalized spacial score (nSPS) is 18.9. The van der Waals surface area contributed by atoms with Gasteiger partial charge < -0.3 is 0 Å². The second-order valence-electron chi connectivity index (χ2n) is 9.42. The summed E-state index contributed by atoms with van der Waals surface area (Å²) in [7, 11) is -11.4. The van der Waals surface area contributed by atoms with E-state index in [0.717, 1.165) is 12.1 Å². The molecule has 3 rings (SSSR count). The predicted octanol–water partition coefficient (Wildman–Crippen LogP) is 9.03. The molecule has 2 aromatic rings. The van der Waals surface area contributed by atoms with Gasteiger partial charge in [0, 0.05) is 16.4 Å². The third kappa shape index (κ3) is 4.87. The minimum absolute atomic E-state index is 0.0530. The molecule has 44 heavy (non-hydrogen) atoms. The van der Waals surface area contributed by atoms with E-state index in [0.29, 0.717) is 5.39 Å². The lowest BCUT2D eigenvalue weighted by Crippen LogP contribution is -2.75. The van der Waals surface area contributed by atoms with E-state index in [9.17, 15) is 83.1 Å². The van der Waals surface area contributed by atoms with Gasteiger partial charge in [0.25, 0.3) is 0 Å². The SMILES string of the molecule is O=S(=O)(OS1(c2ccc3ccccc3c2)CCCC1)C(F)(F)C(F)(F)C(F)(F)C(F)(F)C(F)(F)C(F)(F)C(F)(F)C(F)(F)F. The van der Waals surface area contributed by atoms with Gasteiger partial charge >= 0.3 is 57.1 Å². The van der Waals surface area contributed by atoms with Gasteiger partial charge in [0.1, 0.15) is 0 Å². The van der Waals surface area contributed by atoms with E-state index in [1.54, 1.807) is 0 Å². The lowest BCUT2D eigenvalue weighted by atomic mass is 9.91. The molecule has 0 saturated carbocycles. The molecule has 0 amide bonds. The number of fused-ring (bicyclic) bond motifs is 1. The van der Waals surface area contributed by atoms with Crippen LogP contribution in [0.25, 0.3) is 10.8 Å². The number of hydrogen-bond acceptors (Lipinski definition) is 3. The van der Waals surface area contributed by atoms with Gasteiger partial charge in [0.2, 0.25) is 0 Å². The number of halogens is 17. The molecular formula is C22H15F17O3S2. The summed E-state index contributed by atoms with van der Waals surface area (Å²) in [6, 6.07) is 9.36. The van der Waals surface area contributed by atoms with Crippen molar-refractivity contribution in [1.82, 2.24) is 0 Å². The Morgan fingerprint density at radius 2 is 0.955 bits per heavy atom. The van der Waals surface area contributed by atoms with Crippen molar-refractivity contribution in [2.45, 2.75) is 64.7 Å². The van der Waals surface area contributed by atoms with Crippen LogP contribution < -0.4 is 0 Å². The van der Waals surface area contributed by atoms with Crippen molar-refractivity contribution in [2.24, 2.45) is 0 Å². The third-order valence-electron chi connectivity index (χ3n) is 6.58. The van der Waals surface area contributed by atoms with Crippen LogP contribution in [0, 0.1) is 0 Å². The maximum atomic E-state index is 14.7. The molecule has 22 heteroatoms. The first-order valence-electron chi connectivity index (χ1n) is 11.4. The maximum absolute atomic E-state index is 14.7. The number of rotatable bonds is 10. The zero-order valence-electron chi connectivity index (χ0n) is 20.8. The number of hydrogen-bond donors (Lipinski definition) is 0. The van der Waals surface area contributed by atoms with E-state index in [1.165, 1.54) is 30.3 Å². The Bertz CT molecular complexity index is 1500. The van der Waals surface area contributed by atoms with Gasteiger partial charge in [-0.25, -0.2) is 3.63 Å². The van der Waals surface area contributed by atoms with Crippen molar-refractivity contribution < 1.29 is 86.7 Å². The molecule has 0 bridgehead atoms. The van der Waals surface area contributed by atoms with Crippen molar-refractivity contribution in [3.05, 3.63) is 42.5 Å². The molecule has 0 N–H and O–H groups in total. The fourth-order valence-corrected chi connectivity index (χ4v) is 9.72. The molecule has 0 unspecified atom stereocenters. The molecule has 3 nitrogen and oxygen atoms in total.